The first kappa shape index (κ1) is 12.8. The molecule has 4 nitrogen and oxygen atoms in total. The molecule has 0 fully saturated rings. The molecule has 0 spiro atoms. The fraction of sp³-hybridized carbons (Fsp3) is 0.429. The Labute approximate surface area is 108 Å². The summed E-state index contributed by atoms with van der Waals surface area (Å²) in [5.41, 5.74) is 2.39. The second-order valence-electron chi connectivity index (χ2n) is 4.45. The van der Waals surface area contributed by atoms with Crippen LogP contribution in [0.3, 0.4) is 0 Å². The molecule has 1 aromatic heterocycles. The van der Waals surface area contributed by atoms with E-state index in [0.717, 1.165) is 25.1 Å². The number of hydrogen-bond acceptors (Lipinski definition) is 3. The fourth-order valence-corrected chi connectivity index (χ4v) is 2.08. The predicted octanol–water partition coefficient (Wildman–Crippen LogP) is 2.10. The third-order valence-electron chi connectivity index (χ3n) is 2.99. The van der Waals surface area contributed by atoms with Gasteiger partial charge in [-0.15, -0.1) is 5.10 Å². The SMILES string of the molecule is CCNC(CCc1ccccc1)c1cn(C)nn1. The fourth-order valence-electron chi connectivity index (χ4n) is 2.08. The Morgan fingerprint density at radius 2 is 2.06 bits per heavy atom. The van der Waals surface area contributed by atoms with Crippen molar-refractivity contribution in [2.24, 2.45) is 7.05 Å². The lowest BCUT2D eigenvalue weighted by atomic mass is 10.0. The van der Waals surface area contributed by atoms with E-state index in [0.29, 0.717) is 0 Å². The molecule has 1 atom stereocenters. The first-order chi connectivity index (χ1) is 8.79. The van der Waals surface area contributed by atoms with E-state index < -0.39 is 0 Å². The summed E-state index contributed by atoms with van der Waals surface area (Å²) in [5, 5.41) is 11.7. The highest BCUT2D eigenvalue weighted by Gasteiger charge is 2.13. The van der Waals surface area contributed by atoms with E-state index in [-0.39, 0.29) is 6.04 Å². The second-order valence-corrected chi connectivity index (χ2v) is 4.45. The van der Waals surface area contributed by atoms with Gasteiger partial charge < -0.3 is 5.32 Å². The topological polar surface area (TPSA) is 42.7 Å². The lowest BCUT2D eigenvalue weighted by Crippen LogP contribution is -2.21. The van der Waals surface area contributed by atoms with Gasteiger partial charge in [-0.2, -0.15) is 0 Å². The number of benzene rings is 1. The van der Waals surface area contributed by atoms with Crippen molar-refractivity contribution in [1.29, 1.82) is 0 Å². The van der Waals surface area contributed by atoms with E-state index in [1.807, 2.05) is 19.3 Å². The van der Waals surface area contributed by atoms with Crippen LogP contribution in [-0.2, 0) is 13.5 Å². The van der Waals surface area contributed by atoms with Crippen LogP contribution in [0.5, 0.6) is 0 Å². The lowest BCUT2D eigenvalue weighted by molar-refractivity contribution is 0.503. The van der Waals surface area contributed by atoms with Gasteiger partial charge in [-0.25, -0.2) is 0 Å². The van der Waals surface area contributed by atoms with Gasteiger partial charge in [0.2, 0.25) is 0 Å². The molecule has 1 aromatic carbocycles. The third-order valence-corrected chi connectivity index (χ3v) is 2.99. The van der Waals surface area contributed by atoms with Crippen LogP contribution >= 0.6 is 0 Å². The quantitative estimate of drug-likeness (QED) is 0.846. The standard InChI is InChI=1S/C14H20N4/c1-3-15-13(14-11-18(2)17-16-14)10-9-12-7-5-4-6-8-12/h4-8,11,13,15H,3,9-10H2,1-2H3. The maximum atomic E-state index is 4.20. The summed E-state index contributed by atoms with van der Waals surface area (Å²) in [6.07, 6.45) is 4.07. The average molecular weight is 244 g/mol. The number of aryl methyl sites for hydroxylation is 2. The van der Waals surface area contributed by atoms with Crippen LogP contribution in [0, 0.1) is 0 Å². The van der Waals surface area contributed by atoms with Crippen molar-refractivity contribution in [3.63, 3.8) is 0 Å². The van der Waals surface area contributed by atoms with Gasteiger partial charge in [-0.3, -0.25) is 4.68 Å². The van der Waals surface area contributed by atoms with E-state index >= 15 is 0 Å². The summed E-state index contributed by atoms with van der Waals surface area (Å²) >= 11 is 0. The Hall–Kier alpha value is -1.68. The zero-order chi connectivity index (χ0) is 12.8. The van der Waals surface area contributed by atoms with Crippen LogP contribution in [0.15, 0.2) is 36.5 Å². The van der Waals surface area contributed by atoms with E-state index in [4.69, 9.17) is 0 Å². The Bertz CT molecular complexity index is 464. The largest absolute Gasteiger partial charge is 0.309 e. The van der Waals surface area contributed by atoms with Crippen LogP contribution in [0.25, 0.3) is 0 Å². The molecule has 96 valence electrons. The minimum atomic E-state index is 0.281. The summed E-state index contributed by atoms with van der Waals surface area (Å²) in [7, 11) is 1.90. The molecule has 0 saturated carbocycles. The van der Waals surface area contributed by atoms with Crippen LogP contribution in [0.4, 0.5) is 0 Å². The molecule has 1 N–H and O–H groups in total. The van der Waals surface area contributed by atoms with Crippen molar-refractivity contribution in [2.75, 3.05) is 6.54 Å². The van der Waals surface area contributed by atoms with Gasteiger partial charge in [-0.05, 0) is 24.9 Å². The highest BCUT2D eigenvalue weighted by molar-refractivity contribution is 5.15. The van der Waals surface area contributed by atoms with Crippen molar-refractivity contribution in [3.8, 4) is 0 Å². The van der Waals surface area contributed by atoms with Gasteiger partial charge in [-0.1, -0.05) is 42.5 Å². The number of nitrogens with zero attached hydrogens (tertiary/aromatic N) is 3. The highest BCUT2D eigenvalue weighted by Crippen LogP contribution is 2.16. The van der Waals surface area contributed by atoms with Crippen molar-refractivity contribution >= 4 is 0 Å². The molecule has 18 heavy (non-hydrogen) atoms. The molecule has 2 rings (SSSR count). The smallest absolute Gasteiger partial charge is 0.0996 e. The molecule has 0 aliphatic carbocycles. The maximum Gasteiger partial charge on any atom is 0.0996 e. The zero-order valence-electron chi connectivity index (χ0n) is 11.0. The first-order valence-electron chi connectivity index (χ1n) is 6.43. The van der Waals surface area contributed by atoms with Crippen molar-refractivity contribution in [1.82, 2.24) is 20.3 Å². The van der Waals surface area contributed by atoms with Crippen molar-refractivity contribution in [3.05, 3.63) is 47.8 Å². The van der Waals surface area contributed by atoms with Crippen LogP contribution in [0.2, 0.25) is 0 Å². The highest BCUT2D eigenvalue weighted by atomic mass is 15.4. The minimum Gasteiger partial charge on any atom is -0.309 e. The molecule has 0 radical (unpaired) electrons. The van der Waals surface area contributed by atoms with Gasteiger partial charge in [0.15, 0.2) is 0 Å². The van der Waals surface area contributed by atoms with E-state index in [1.165, 1.54) is 5.56 Å². The van der Waals surface area contributed by atoms with E-state index in [2.05, 4.69) is 46.8 Å². The van der Waals surface area contributed by atoms with Gasteiger partial charge in [0.1, 0.15) is 0 Å². The molecule has 0 aliphatic heterocycles. The number of aromatic nitrogens is 3. The van der Waals surface area contributed by atoms with Gasteiger partial charge in [0, 0.05) is 13.2 Å². The van der Waals surface area contributed by atoms with Crippen LogP contribution < -0.4 is 5.32 Å². The van der Waals surface area contributed by atoms with Crippen LogP contribution in [-0.4, -0.2) is 21.5 Å². The van der Waals surface area contributed by atoms with Crippen molar-refractivity contribution < 1.29 is 0 Å². The van der Waals surface area contributed by atoms with Crippen LogP contribution in [0.1, 0.15) is 30.6 Å². The molecular weight excluding hydrogens is 224 g/mol. The molecule has 0 amide bonds. The summed E-state index contributed by atoms with van der Waals surface area (Å²) in [5.74, 6) is 0. The zero-order valence-corrected chi connectivity index (χ0v) is 11.0. The Balaban J connectivity index is 1.98. The summed E-state index contributed by atoms with van der Waals surface area (Å²) in [4.78, 5) is 0. The third kappa shape index (κ3) is 3.40. The number of rotatable bonds is 6. The summed E-state index contributed by atoms with van der Waals surface area (Å²) < 4.78 is 1.75. The number of nitrogens with one attached hydrogen (secondary N) is 1. The summed E-state index contributed by atoms with van der Waals surface area (Å²) in [6, 6.07) is 10.8. The molecule has 2 aromatic rings. The Morgan fingerprint density at radius 3 is 2.67 bits per heavy atom. The Kier molecular flexibility index (Phi) is 4.47. The van der Waals surface area contributed by atoms with Gasteiger partial charge >= 0.3 is 0 Å². The molecule has 1 unspecified atom stereocenters. The average Bonchev–Trinajstić information content (AvgIpc) is 2.82. The predicted molar refractivity (Wildman–Crippen MR) is 72.2 cm³/mol. The maximum absolute atomic E-state index is 4.20. The molecule has 0 bridgehead atoms. The number of hydrogen-bond donors (Lipinski definition) is 1. The summed E-state index contributed by atoms with van der Waals surface area (Å²) in [6.45, 7) is 3.06. The minimum absolute atomic E-state index is 0.281. The van der Waals surface area contributed by atoms with Crippen molar-refractivity contribution in [2.45, 2.75) is 25.8 Å². The Morgan fingerprint density at radius 1 is 1.28 bits per heavy atom. The van der Waals surface area contributed by atoms with Gasteiger partial charge in [0.25, 0.3) is 0 Å². The molecule has 0 saturated heterocycles. The van der Waals surface area contributed by atoms with Gasteiger partial charge in [0.05, 0.1) is 11.7 Å². The molecule has 0 aliphatic rings. The molecular formula is C14H20N4. The van der Waals surface area contributed by atoms with E-state index in [1.54, 1.807) is 4.68 Å². The molecule has 4 heteroatoms. The molecule has 1 heterocycles. The normalized spacial score (nSPS) is 12.6. The van der Waals surface area contributed by atoms with E-state index in [9.17, 15) is 0 Å². The monoisotopic (exact) mass is 244 g/mol. The first-order valence-corrected chi connectivity index (χ1v) is 6.43. The second kappa shape index (κ2) is 6.31. The lowest BCUT2D eigenvalue weighted by Gasteiger charge is -2.14.